The van der Waals surface area contributed by atoms with E-state index in [9.17, 15) is 0 Å². The van der Waals surface area contributed by atoms with E-state index in [4.69, 9.17) is 0 Å². The zero-order chi connectivity index (χ0) is 11.8. The summed E-state index contributed by atoms with van der Waals surface area (Å²) in [7, 11) is 1.92. The largest absolute Gasteiger partial charge is 0.310 e. The molecule has 1 aromatic heterocycles. The molecular weight excluding hydrogens is 200 g/mol. The van der Waals surface area contributed by atoms with Crippen LogP contribution in [0.4, 0.5) is 0 Å². The van der Waals surface area contributed by atoms with Crippen LogP contribution in [0.1, 0.15) is 39.3 Å². The molecule has 0 amide bonds. The van der Waals surface area contributed by atoms with Crippen molar-refractivity contribution in [3.05, 3.63) is 11.9 Å². The van der Waals surface area contributed by atoms with Crippen LogP contribution in [0.5, 0.6) is 0 Å². The van der Waals surface area contributed by atoms with Gasteiger partial charge in [0, 0.05) is 25.2 Å². The second-order valence-electron chi connectivity index (χ2n) is 5.92. The number of aryl methyl sites for hydroxylation is 1. The molecule has 0 bridgehead atoms. The Bertz CT molecular complexity index is 355. The van der Waals surface area contributed by atoms with Crippen LogP contribution in [0.15, 0.2) is 6.20 Å². The van der Waals surface area contributed by atoms with Crippen molar-refractivity contribution in [2.24, 2.45) is 12.5 Å². The quantitative estimate of drug-likeness (QED) is 0.825. The zero-order valence-corrected chi connectivity index (χ0v) is 10.7. The molecule has 0 spiro atoms. The van der Waals surface area contributed by atoms with Crippen LogP contribution >= 0.6 is 0 Å². The molecule has 4 nitrogen and oxygen atoms in total. The van der Waals surface area contributed by atoms with Crippen LogP contribution in [0.25, 0.3) is 0 Å². The van der Waals surface area contributed by atoms with Gasteiger partial charge in [0.05, 0.1) is 5.69 Å². The molecule has 1 unspecified atom stereocenters. The molecule has 2 rings (SSSR count). The number of nitrogens with zero attached hydrogens (tertiary/aromatic N) is 3. The summed E-state index contributed by atoms with van der Waals surface area (Å²) in [6, 6.07) is 0. The normalized spacial score (nSPS) is 26.2. The fraction of sp³-hybridized carbons (Fsp3) is 0.833. The first-order valence-corrected chi connectivity index (χ1v) is 6.03. The first kappa shape index (κ1) is 11.6. The molecular formula is C12H22N4. The van der Waals surface area contributed by atoms with E-state index in [1.165, 1.54) is 12.8 Å². The summed E-state index contributed by atoms with van der Waals surface area (Å²) in [5.74, 6) is 0. The highest BCUT2D eigenvalue weighted by molar-refractivity contribution is 5.10. The van der Waals surface area contributed by atoms with Crippen molar-refractivity contribution < 1.29 is 0 Å². The van der Waals surface area contributed by atoms with Gasteiger partial charge in [-0.2, -0.15) is 0 Å². The highest BCUT2D eigenvalue weighted by atomic mass is 15.4. The van der Waals surface area contributed by atoms with Gasteiger partial charge in [0.25, 0.3) is 0 Å². The maximum Gasteiger partial charge on any atom is 0.0845 e. The molecule has 16 heavy (non-hydrogen) atoms. The van der Waals surface area contributed by atoms with Gasteiger partial charge in [-0.1, -0.05) is 26.0 Å². The fourth-order valence-corrected chi connectivity index (χ4v) is 2.65. The Kier molecular flexibility index (Phi) is 2.78. The second-order valence-corrected chi connectivity index (χ2v) is 5.92. The minimum absolute atomic E-state index is 0.184. The molecule has 1 aliphatic rings. The highest BCUT2D eigenvalue weighted by Gasteiger charge is 2.44. The minimum atomic E-state index is 0.184. The maximum atomic E-state index is 4.21. The van der Waals surface area contributed by atoms with Crippen LogP contribution in [0.3, 0.4) is 0 Å². The van der Waals surface area contributed by atoms with Crippen molar-refractivity contribution in [2.45, 2.75) is 45.6 Å². The van der Waals surface area contributed by atoms with E-state index in [1.54, 1.807) is 4.68 Å². The number of hydrogen-bond donors (Lipinski definition) is 1. The summed E-state index contributed by atoms with van der Waals surface area (Å²) in [5, 5.41) is 11.9. The summed E-state index contributed by atoms with van der Waals surface area (Å²) >= 11 is 0. The number of rotatable bonds is 2. The summed E-state index contributed by atoms with van der Waals surface area (Å²) in [6.07, 6.45) is 5.49. The Hall–Kier alpha value is -0.900. The van der Waals surface area contributed by atoms with Crippen LogP contribution in [0, 0.1) is 5.41 Å². The monoisotopic (exact) mass is 222 g/mol. The molecule has 1 saturated heterocycles. The van der Waals surface area contributed by atoms with Crippen molar-refractivity contribution in [1.82, 2.24) is 20.3 Å². The molecule has 1 aliphatic heterocycles. The molecule has 0 saturated carbocycles. The lowest BCUT2D eigenvalue weighted by Crippen LogP contribution is -2.52. The topological polar surface area (TPSA) is 42.7 Å². The second kappa shape index (κ2) is 3.84. The van der Waals surface area contributed by atoms with Crippen LogP contribution < -0.4 is 5.32 Å². The van der Waals surface area contributed by atoms with E-state index in [2.05, 4.69) is 36.4 Å². The highest BCUT2D eigenvalue weighted by Crippen LogP contribution is 2.39. The molecule has 4 heteroatoms. The molecule has 0 radical (unpaired) electrons. The van der Waals surface area contributed by atoms with Gasteiger partial charge in [-0.15, -0.1) is 5.10 Å². The van der Waals surface area contributed by atoms with Crippen LogP contribution in [0.2, 0.25) is 0 Å². The third-order valence-corrected chi connectivity index (χ3v) is 3.81. The zero-order valence-electron chi connectivity index (χ0n) is 10.7. The molecule has 2 heterocycles. The summed E-state index contributed by atoms with van der Waals surface area (Å²) in [5.41, 5.74) is 1.52. The van der Waals surface area contributed by atoms with Crippen molar-refractivity contribution in [2.75, 3.05) is 6.54 Å². The van der Waals surface area contributed by atoms with Crippen molar-refractivity contribution in [3.63, 3.8) is 0 Å². The number of hydrogen-bond acceptors (Lipinski definition) is 3. The van der Waals surface area contributed by atoms with Crippen LogP contribution in [-0.4, -0.2) is 27.1 Å². The summed E-state index contributed by atoms with van der Waals surface area (Å²) < 4.78 is 1.78. The van der Waals surface area contributed by atoms with Crippen molar-refractivity contribution in [1.29, 1.82) is 0 Å². The first-order valence-electron chi connectivity index (χ1n) is 6.03. The van der Waals surface area contributed by atoms with Gasteiger partial charge in [-0.05, 0) is 24.8 Å². The Morgan fingerprint density at radius 3 is 2.69 bits per heavy atom. The smallest absolute Gasteiger partial charge is 0.0845 e. The standard InChI is InChI=1S/C12H22N4/c1-11(2,3)12(6-5-7-13-12)8-10-9-16(4)15-14-10/h9,13H,5-8H2,1-4H3. The SMILES string of the molecule is Cn1cc(CC2(C(C)(C)C)CCCN2)nn1. The van der Waals surface area contributed by atoms with E-state index in [1.807, 2.05) is 13.2 Å². The van der Waals surface area contributed by atoms with Crippen molar-refractivity contribution in [3.8, 4) is 0 Å². The van der Waals surface area contributed by atoms with Gasteiger partial charge >= 0.3 is 0 Å². The summed E-state index contributed by atoms with van der Waals surface area (Å²) in [4.78, 5) is 0. The first-order chi connectivity index (χ1) is 7.43. The molecule has 90 valence electrons. The molecule has 1 N–H and O–H groups in total. The van der Waals surface area contributed by atoms with Gasteiger partial charge in [0.15, 0.2) is 0 Å². The van der Waals surface area contributed by atoms with E-state index < -0.39 is 0 Å². The van der Waals surface area contributed by atoms with Gasteiger partial charge in [0.2, 0.25) is 0 Å². The average Bonchev–Trinajstić information content (AvgIpc) is 2.75. The lowest BCUT2D eigenvalue weighted by Gasteiger charge is -2.42. The lowest BCUT2D eigenvalue weighted by molar-refractivity contribution is 0.158. The van der Waals surface area contributed by atoms with E-state index in [0.29, 0.717) is 0 Å². The third kappa shape index (κ3) is 1.98. The fourth-order valence-electron chi connectivity index (χ4n) is 2.65. The Morgan fingerprint density at radius 2 is 2.25 bits per heavy atom. The van der Waals surface area contributed by atoms with Crippen molar-refractivity contribution >= 4 is 0 Å². The molecule has 1 fully saturated rings. The van der Waals surface area contributed by atoms with Crippen LogP contribution in [-0.2, 0) is 13.5 Å². The number of nitrogens with one attached hydrogen (secondary N) is 1. The molecule has 1 atom stereocenters. The predicted molar refractivity (Wildman–Crippen MR) is 64.1 cm³/mol. The Morgan fingerprint density at radius 1 is 1.50 bits per heavy atom. The Labute approximate surface area is 97.4 Å². The van der Waals surface area contributed by atoms with Gasteiger partial charge in [0.1, 0.15) is 0 Å². The maximum absolute atomic E-state index is 4.21. The average molecular weight is 222 g/mol. The predicted octanol–water partition coefficient (Wildman–Crippen LogP) is 1.53. The summed E-state index contributed by atoms with van der Waals surface area (Å²) in [6.45, 7) is 8.04. The molecule has 1 aromatic rings. The van der Waals surface area contributed by atoms with Gasteiger partial charge in [-0.3, -0.25) is 4.68 Å². The van der Waals surface area contributed by atoms with E-state index >= 15 is 0 Å². The minimum Gasteiger partial charge on any atom is -0.310 e. The molecule has 0 aromatic carbocycles. The van der Waals surface area contributed by atoms with E-state index in [0.717, 1.165) is 18.7 Å². The molecule has 0 aliphatic carbocycles. The van der Waals surface area contributed by atoms with Gasteiger partial charge < -0.3 is 5.32 Å². The van der Waals surface area contributed by atoms with E-state index in [-0.39, 0.29) is 11.0 Å². The van der Waals surface area contributed by atoms with Gasteiger partial charge in [-0.25, -0.2) is 0 Å². The lowest BCUT2D eigenvalue weighted by atomic mass is 9.70. The third-order valence-electron chi connectivity index (χ3n) is 3.81. The number of aromatic nitrogens is 3. The Balaban J connectivity index is 2.21.